The topological polar surface area (TPSA) is 133 Å². The molecule has 0 aliphatic carbocycles. The van der Waals surface area contributed by atoms with Gasteiger partial charge in [0, 0.05) is 23.2 Å². The van der Waals surface area contributed by atoms with Crippen molar-refractivity contribution in [1.29, 1.82) is 0 Å². The minimum absolute atomic E-state index is 0.105. The molecule has 0 spiro atoms. The Morgan fingerprint density at radius 2 is 1.71 bits per heavy atom. The Morgan fingerprint density at radius 1 is 1.03 bits per heavy atom. The zero-order valence-corrected chi connectivity index (χ0v) is 18.6. The van der Waals surface area contributed by atoms with Gasteiger partial charge in [-0.1, -0.05) is 54.6 Å². The molecule has 0 aliphatic rings. The third-order valence-corrected chi connectivity index (χ3v) is 5.21. The van der Waals surface area contributed by atoms with Crippen molar-refractivity contribution in [1.82, 2.24) is 9.78 Å². The van der Waals surface area contributed by atoms with E-state index in [1.165, 1.54) is 35.9 Å². The van der Waals surface area contributed by atoms with E-state index >= 15 is 0 Å². The number of rotatable bonds is 7. The van der Waals surface area contributed by atoms with Crippen molar-refractivity contribution in [2.45, 2.75) is 19.6 Å². The van der Waals surface area contributed by atoms with Gasteiger partial charge in [-0.25, -0.2) is 9.48 Å². The molecule has 4 rings (SSSR count). The van der Waals surface area contributed by atoms with E-state index < -0.39 is 22.9 Å². The molecule has 0 aliphatic heterocycles. The Bertz CT molecular complexity index is 1480. The van der Waals surface area contributed by atoms with Gasteiger partial charge in [-0.3, -0.25) is 19.7 Å². The summed E-state index contributed by atoms with van der Waals surface area (Å²) in [5.41, 5.74) is 0.348. The van der Waals surface area contributed by atoms with E-state index in [2.05, 4.69) is 10.4 Å². The lowest BCUT2D eigenvalue weighted by atomic mass is 10.1. The Kier molecular flexibility index (Phi) is 6.63. The van der Waals surface area contributed by atoms with Crippen molar-refractivity contribution >= 4 is 34.0 Å². The highest BCUT2D eigenvalue weighted by Crippen LogP contribution is 2.19. The fourth-order valence-corrected chi connectivity index (χ4v) is 3.46. The van der Waals surface area contributed by atoms with Gasteiger partial charge >= 0.3 is 5.97 Å². The maximum absolute atomic E-state index is 13.0. The lowest BCUT2D eigenvalue weighted by molar-refractivity contribution is -0.384. The van der Waals surface area contributed by atoms with Crippen LogP contribution in [0.15, 0.2) is 83.7 Å². The first kappa shape index (κ1) is 23.3. The van der Waals surface area contributed by atoms with Crippen molar-refractivity contribution in [3.63, 3.8) is 0 Å². The number of benzene rings is 3. The van der Waals surface area contributed by atoms with Gasteiger partial charge in [0.05, 0.1) is 16.9 Å². The van der Waals surface area contributed by atoms with Crippen LogP contribution in [0, 0.1) is 10.1 Å². The molecule has 1 heterocycles. The van der Waals surface area contributed by atoms with Crippen LogP contribution in [-0.4, -0.2) is 32.7 Å². The molecule has 0 fully saturated rings. The number of carbonyl (C=O) groups is 2. The van der Waals surface area contributed by atoms with Gasteiger partial charge in [0.1, 0.15) is 0 Å². The van der Waals surface area contributed by atoms with Crippen LogP contribution >= 0.6 is 0 Å². The van der Waals surface area contributed by atoms with E-state index in [0.29, 0.717) is 10.8 Å². The smallest absolute Gasteiger partial charge is 0.360 e. The third-order valence-electron chi connectivity index (χ3n) is 5.21. The normalized spacial score (nSPS) is 11.6. The summed E-state index contributed by atoms with van der Waals surface area (Å²) in [6.07, 6.45) is -1.24. The standard InChI is InChI=1S/C25H20N4O6/c1-16(23(30)26-18-10-7-11-19(14-18)29(33)34)35-25(32)22-20-12-5-6-13-21(20)24(31)28(27-22)15-17-8-3-2-4-9-17/h2-14,16H,15H2,1H3,(H,26,30). The summed E-state index contributed by atoms with van der Waals surface area (Å²) < 4.78 is 6.52. The number of fused-ring (bicyclic) bond motifs is 1. The molecule has 10 nitrogen and oxygen atoms in total. The molecule has 0 saturated heterocycles. The Hall–Kier alpha value is -4.86. The van der Waals surface area contributed by atoms with Crippen molar-refractivity contribution in [3.05, 3.63) is 111 Å². The second-order valence-electron chi connectivity index (χ2n) is 7.69. The van der Waals surface area contributed by atoms with Crippen molar-refractivity contribution in [2.24, 2.45) is 0 Å². The summed E-state index contributed by atoms with van der Waals surface area (Å²) in [7, 11) is 0. The number of aromatic nitrogens is 2. The SMILES string of the molecule is CC(OC(=O)c1nn(Cc2ccccc2)c(=O)c2ccccc12)C(=O)Nc1cccc([N+](=O)[O-])c1. The Labute approximate surface area is 198 Å². The number of amides is 1. The number of nitro groups is 1. The van der Waals surface area contributed by atoms with Crippen LogP contribution in [0.3, 0.4) is 0 Å². The van der Waals surface area contributed by atoms with Gasteiger partial charge in [-0.15, -0.1) is 0 Å². The summed E-state index contributed by atoms with van der Waals surface area (Å²) in [5, 5.41) is 18.3. The summed E-state index contributed by atoms with van der Waals surface area (Å²) in [6.45, 7) is 1.51. The molecular formula is C25H20N4O6. The van der Waals surface area contributed by atoms with E-state index in [1.54, 1.807) is 24.3 Å². The lowest BCUT2D eigenvalue weighted by Gasteiger charge is -2.15. The van der Waals surface area contributed by atoms with Gasteiger partial charge in [0.15, 0.2) is 11.8 Å². The number of hydrogen-bond acceptors (Lipinski definition) is 7. The third kappa shape index (κ3) is 5.22. The maximum Gasteiger partial charge on any atom is 0.360 e. The first-order valence-electron chi connectivity index (χ1n) is 10.6. The van der Waals surface area contributed by atoms with Crippen LogP contribution in [0.4, 0.5) is 11.4 Å². The van der Waals surface area contributed by atoms with Crippen LogP contribution in [0.1, 0.15) is 23.0 Å². The number of hydrogen-bond donors (Lipinski definition) is 1. The second-order valence-corrected chi connectivity index (χ2v) is 7.69. The molecule has 176 valence electrons. The minimum atomic E-state index is -1.24. The van der Waals surface area contributed by atoms with Gasteiger partial charge in [-0.05, 0) is 24.6 Å². The molecule has 35 heavy (non-hydrogen) atoms. The first-order valence-corrected chi connectivity index (χ1v) is 10.6. The molecule has 1 unspecified atom stereocenters. The van der Waals surface area contributed by atoms with Gasteiger partial charge in [0.2, 0.25) is 0 Å². The average molecular weight is 472 g/mol. The number of nitro benzene ring substituents is 1. The number of carbonyl (C=O) groups excluding carboxylic acids is 2. The number of nitrogens with one attached hydrogen (secondary N) is 1. The number of anilines is 1. The van der Waals surface area contributed by atoms with Crippen molar-refractivity contribution in [3.8, 4) is 0 Å². The molecule has 0 radical (unpaired) electrons. The fraction of sp³-hybridized carbons (Fsp3) is 0.120. The zero-order valence-electron chi connectivity index (χ0n) is 18.6. The second kappa shape index (κ2) is 9.96. The molecule has 4 aromatic rings. The number of nitrogens with zero attached hydrogens (tertiary/aromatic N) is 3. The van der Waals surface area contributed by atoms with Gasteiger partial charge in [0.25, 0.3) is 17.2 Å². The lowest BCUT2D eigenvalue weighted by Crippen LogP contribution is -2.32. The quantitative estimate of drug-likeness (QED) is 0.247. The number of esters is 1. The molecule has 0 saturated carbocycles. The predicted octanol–water partition coefficient (Wildman–Crippen LogP) is 3.54. The molecule has 0 bridgehead atoms. The highest BCUT2D eigenvalue weighted by Gasteiger charge is 2.24. The highest BCUT2D eigenvalue weighted by molar-refractivity contribution is 6.03. The highest BCUT2D eigenvalue weighted by atomic mass is 16.6. The van der Waals surface area contributed by atoms with Crippen LogP contribution in [0.5, 0.6) is 0 Å². The Balaban J connectivity index is 1.58. The maximum atomic E-state index is 13.0. The summed E-state index contributed by atoms with van der Waals surface area (Å²) in [4.78, 5) is 48.9. The van der Waals surface area contributed by atoms with E-state index in [0.717, 1.165) is 5.56 Å². The molecule has 1 N–H and O–H groups in total. The van der Waals surface area contributed by atoms with Crippen molar-refractivity contribution in [2.75, 3.05) is 5.32 Å². The first-order chi connectivity index (χ1) is 16.8. The van der Waals surface area contributed by atoms with Crippen LogP contribution in [0.25, 0.3) is 10.8 Å². The van der Waals surface area contributed by atoms with E-state index in [1.807, 2.05) is 30.3 Å². The minimum Gasteiger partial charge on any atom is -0.448 e. The molecule has 1 atom stereocenters. The van der Waals surface area contributed by atoms with Crippen molar-refractivity contribution < 1.29 is 19.2 Å². The molecule has 10 heteroatoms. The summed E-state index contributed by atoms with van der Waals surface area (Å²) in [6, 6.07) is 21.1. The van der Waals surface area contributed by atoms with E-state index in [-0.39, 0.29) is 29.2 Å². The van der Waals surface area contributed by atoms with Gasteiger partial charge in [-0.2, -0.15) is 5.10 Å². The van der Waals surface area contributed by atoms with Gasteiger partial charge < -0.3 is 10.1 Å². The van der Waals surface area contributed by atoms with Crippen LogP contribution in [-0.2, 0) is 16.1 Å². The number of non-ortho nitro benzene ring substituents is 1. The zero-order chi connectivity index (χ0) is 24.9. The van der Waals surface area contributed by atoms with E-state index in [9.17, 15) is 24.5 Å². The Morgan fingerprint density at radius 3 is 2.43 bits per heavy atom. The molecule has 1 amide bonds. The molecular weight excluding hydrogens is 452 g/mol. The fourth-order valence-electron chi connectivity index (χ4n) is 3.46. The largest absolute Gasteiger partial charge is 0.448 e. The summed E-state index contributed by atoms with van der Waals surface area (Å²) >= 11 is 0. The number of ether oxygens (including phenoxy) is 1. The van der Waals surface area contributed by atoms with E-state index in [4.69, 9.17) is 4.74 Å². The van der Waals surface area contributed by atoms with Crippen LogP contribution in [0.2, 0.25) is 0 Å². The monoisotopic (exact) mass is 472 g/mol. The molecule has 1 aromatic heterocycles. The average Bonchev–Trinajstić information content (AvgIpc) is 2.86. The summed E-state index contributed by atoms with van der Waals surface area (Å²) in [5.74, 6) is -1.56. The predicted molar refractivity (Wildman–Crippen MR) is 128 cm³/mol. The molecule has 3 aromatic carbocycles. The van der Waals surface area contributed by atoms with Crippen LogP contribution < -0.4 is 10.9 Å².